The quantitative estimate of drug-likeness (QED) is 0.906. The smallest absolute Gasteiger partial charge is 0.263 e. The molecule has 2 aromatic rings. The topological polar surface area (TPSA) is 87.1 Å². The van der Waals surface area contributed by atoms with Gasteiger partial charge in [-0.05, 0) is 33.6 Å². The molecule has 8 nitrogen and oxygen atoms in total. The lowest BCUT2D eigenvalue weighted by atomic mass is 10.1. The minimum Gasteiger partial charge on any atom is -0.341 e. The fourth-order valence-corrected chi connectivity index (χ4v) is 3.15. The van der Waals surface area contributed by atoms with Crippen LogP contribution in [0.2, 0.25) is 0 Å². The van der Waals surface area contributed by atoms with Crippen molar-refractivity contribution < 1.29 is 4.79 Å². The van der Waals surface area contributed by atoms with Gasteiger partial charge >= 0.3 is 0 Å². The molecule has 3 rings (SSSR count). The SMILES string of the molecule is CCCN1CCCN(c2nc3c(cnn3C(C)(C)C)c(=O)[nH]2)CC1=O. The summed E-state index contributed by atoms with van der Waals surface area (Å²) in [5.74, 6) is 0.515. The van der Waals surface area contributed by atoms with Gasteiger partial charge in [-0.15, -0.1) is 0 Å². The predicted octanol–water partition coefficient (Wildman–Crippen LogP) is 1.32. The number of aromatic amines is 1. The maximum absolute atomic E-state index is 12.5. The van der Waals surface area contributed by atoms with Crippen molar-refractivity contribution in [2.24, 2.45) is 0 Å². The standard InChI is InChI=1S/C17H26N6O2/c1-5-7-21-8-6-9-22(11-13(21)24)16-19-14-12(15(25)20-16)10-18-23(14)17(2,3)4/h10H,5-9,11H2,1-4H3,(H,19,20,25). The summed E-state index contributed by atoms with van der Waals surface area (Å²) in [6.45, 7) is 10.5. The van der Waals surface area contributed by atoms with E-state index in [1.807, 2.05) is 30.6 Å². The molecule has 0 spiro atoms. The number of nitrogens with zero attached hydrogens (tertiary/aromatic N) is 5. The van der Waals surface area contributed by atoms with Crippen LogP contribution in [0.1, 0.15) is 40.5 Å². The number of anilines is 1. The highest BCUT2D eigenvalue weighted by Gasteiger charge is 2.25. The summed E-state index contributed by atoms with van der Waals surface area (Å²) in [5.41, 5.74) is 0.0396. The lowest BCUT2D eigenvalue weighted by Gasteiger charge is -2.23. The molecule has 3 heterocycles. The van der Waals surface area contributed by atoms with Crippen molar-refractivity contribution in [3.05, 3.63) is 16.6 Å². The molecule has 0 atom stereocenters. The fourth-order valence-electron chi connectivity index (χ4n) is 3.15. The molecule has 0 saturated carbocycles. The van der Waals surface area contributed by atoms with Crippen molar-refractivity contribution in [2.75, 3.05) is 31.1 Å². The van der Waals surface area contributed by atoms with Gasteiger partial charge in [0.25, 0.3) is 5.56 Å². The number of amides is 1. The molecule has 1 aliphatic rings. The molecule has 1 saturated heterocycles. The number of carbonyl (C=O) groups is 1. The number of fused-ring (bicyclic) bond motifs is 1. The van der Waals surface area contributed by atoms with Crippen molar-refractivity contribution >= 4 is 22.9 Å². The highest BCUT2D eigenvalue weighted by molar-refractivity contribution is 5.82. The highest BCUT2D eigenvalue weighted by Crippen LogP contribution is 2.20. The Labute approximate surface area is 146 Å². The molecule has 0 aromatic carbocycles. The molecular formula is C17H26N6O2. The molecule has 2 aromatic heterocycles. The van der Waals surface area contributed by atoms with E-state index in [4.69, 9.17) is 0 Å². The molecule has 1 amide bonds. The summed E-state index contributed by atoms with van der Waals surface area (Å²) >= 11 is 0. The van der Waals surface area contributed by atoms with Crippen LogP contribution in [0.3, 0.4) is 0 Å². The minimum atomic E-state index is -0.285. The number of H-pyrrole nitrogens is 1. The van der Waals surface area contributed by atoms with E-state index in [-0.39, 0.29) is 23.6 Å². The minimum absolute atomic E-state index is 0.0754. The van der Waals surface area contributed by atoms with E-state index in [9.17, 15) is 9.59 Å². The van der Waals surface area contributed by atoms with Gasteiger partial charge in [-0.25, -0.2) is 4.68 Å². The average molecular weight is 346 g/mol. The van der Waals surface area contributed by atoms with Crippen LogP contribution in [0, 0.1) is 0 Å². The number of nitrogens with one attached hydrogen (secondary N) is 1. The number of aromatic nitrogens is 4. The molecular weight excluding hydrogens is 320 g/mol. The van der Waals surface area contributed by atoms with Crippen LogP contribution < -0.4 is 10.5 Å². The van der Waals surface area contributed by atoms with Gasteiger partial charge < -0.3 is 9.80 Å². The Morgan fingerprint density at radius 3 is 2.68 bits per heavy atom. The predicted molar refractivity (Wildman–Crippen MR) is 96.8 cm³/mol. The van der Waals surface area contributed by atoms with Crippen LogP contribution >= 0.6 is 0 Å². The zero-order valence-electron chi connectivity index (χ0n) is 15.4. The Morgan fingerprint density at radius 2 is 2.00 bits per heavy atom. The van der Waals surface area contributed by atoms with Gasteiger partial charge in [-0.2, -0.15) is 10.1 Å². The Morgan fingerprint density at radius 1 is 1.24 bits per heavy atom. The second kappa shape index (κ2) is 6.50. The zero-order chi connectivity index (χ0) is 18.2. The van der Waals surface area contributed by atoms with E-state index in [2.05, 4.69) is 22.0 Å². The van der Waals surface area contributed by atoms with E-state index in [0.717, 1.165) is 25.9 Å². The van der Waals surface area contributed by atoms with Crippen molar-refractivity contribution in [1.29, 1.82) is 0 Å². The Balaban J connectivity index is 1.98. The van der Waals surface area contributed by atoms with Crippen molar-refractivity contribution in [1.82, 2.24) is 24.6 Å². The van der Waals surface area contributed by atoms with Crippen LogP contribution in [-0.2, 0) is 10.3 Å². The van der Waals surface area contributed by atoms with Gasteiger partial charge in [0.2, 0.25) is 11.9 Å². The third-order valence-electron chi connectivity index (χ3n) is 4.39. The third-order valence-corrected chi connectivity index (χ3v) is 4.39. The van der Waals surface area contributed by atoms with Gasteiger partial charge in [0.1, 0.15) is 5.39 Å². The molecule has 0 unspecified atom stereocenters. The van der Waals surface area contributed by atoms with Crippen LogP contribution in [0.4, 0.5) is 5.95 Å². The summed E-state index contributed by atoms with van der Waals surface area (Å²) in [6.07, 6.45) is 3.34. The van der Waals surface area contributed by atoms with Crippen molar-refractivity contribution in [2.45, 2.75) is 46.1 Å². The van der Waals surface area contributed by atoms with Gasteiger partial charge in [0.05, 0.1) is 18.3 Å². The first-order chi connectivity index (χ1) is 11.8. The maximum Gasteiger partial charge on any atom is 0.263 e. The number of hydrogen-bond acceptors (Lipinski definition) is 5. The van der Waals surface area contributed by atoms with E-state index < -0.39 is 0 Å². The maximum atomic E-state index is 12.5. The Kier molecular flexibility index (Phi) is 4.53. The molecule has 1 N–H and O–H groups in total. The lowest BCUT2D eigenvalue weighted by Crippen LogP contribution is -2.38. The van der Waals surface area contributed by atoms with E-state index in [0.29, 0.717) is 23.5 Å². The summed E-state index contributed by atoms with van der Waals surface area (Å²) in [4.78, 5) is 36.1. The second-order valence-corrected chi connectivity index (χ2v) is 7.51. The normalized spacial score (nSPS) is 16.6. The zero-order valence-corrected chi connectivity index (χ0v) is 15.4. The summed E-state index contributed by atoms with van der Waals surface area (Å²) in [5, 5.41) is 4.79. The lowest BCUT2D eigenvalue weighted by molar-refractivity contribution is -0.129. The first kappa shape index (κ1) is 17.4. The molecule has 0 bridgehead atoms. The van der Waals surface area contributed by atoms with E-state index in [1.54, 1.807) is 10.9 Å². The van der Waals surface area contributed by atoms with Crippen molar-refractivity contribution in [3.63, 3.8) is 0 Å². The fraction of sp³-hybridized carbons (Fsp3) is 0.647. The van der Waals surface area contributed by atoms with E-state index in [1.165, 1.54) is 0 Å². The first-order valence-electron chi connectivity index (χ1n) is 8.82. The average Bonchev–Trinajstić information content (AvgIpc) is 2.89. The monoisotopic (exact) mass is 346 g/mol. The van der Waals surface area contributed by atoms with Crippen LogP contribution in [0.25, 0.3) is 11.0 Å². The second-order valence-electron chi connectivity index (χ2n) is 7.51. The number of rotatable bonds is 3. The number of hydrogen-bond donors (Lipinski definition) is 1. The van der Waals surface area contributed by atoms with Gasteiger partial charge in [0.15, 0.2) is 5.65 Å². The van der Waals surface area contributed by atoms with Crippen LogP contribution in [0.5, 0.6) is 0 Å². The third kappa shape index (κ3) is 3.38. The molecule has 25 heavy (non-hydrogen) atoms. The summed E-state index contributed by atoms with van der Waals surface area (Å²) < 4.78 is 1.75. The molecule has 1 fully saturated rings. The largest absolute Gasteiger partial charge is 0.341 e. The first-order valence-corrected chi connectivity index (χ1v) is 8.82. The van der Waals surface area contributed by atoms with Gasteiger partial charge in [0, 0.05) is 19.6 Å². The molecule has 8 heteroatoms. The highest BCUT2D eigenvalue weighted by atomic mass is 16.2. The Bertz CT molecular complexity index is 832. The summed E-state index contributed by atoms with van der Waals surface area (Å²) in [7, 11) is 0. The Hall–Kier alpha value is -2.38. The van der Waals surface area contributed by atoms with Crippen LogP contribution in [0.15, 0.2) is 11.0 Å². The molecule has 1 aliphatic heterocycles. The number of carbonyl (C=O) groups excluding carboxylic acids is 1. The van der Waals surface area contributed by atoms with Gasteiger partial charge in [-0.1, -0.05) is 6.92 Å². The van der Waals surface area contributed by atoms with Crippen LogP contribution in [-0.4, -0.2) is 56.7 Å². The molecule has 0 radical (unpaired) electrons. The summed E-state index contributed by atoms with van der Waals surface area (Å²) in [6, 6.07) is 0. The molecule has 136 valence electrons. The van der Waals surface area contributed by atoms with E-state index >= 15 is 0 Å². The van der Waals surface area contributed by atoms with Gasteiger partial charge in [-0.3, -0.25) is 14.6 Å². The van der Waals surface area contributed by atoms with Crippen molar-refractivity contribution in [3.8, 4) is 0 Å². The molecule has 0 aliphatic carbocycles.